The average molecular weight is 429 g/mol. The molecule has 4 fully saturated rings. The quantitative estimate of drug-likeness (QED) is 0.471. The second-order valence-corrected chi connectivity index (χ2v) is 11.7. The van der Waals surface area contributed by atoms with Crippen LogP contribution in [0.3, 0.4) is 0 Å². The van der Waals surface area contributed by atoms with Gasteiger partial charge in [0.05, 0.1) is 0 Å². The third-order valence-electron chi connectivity index (χ3n) is 10.2. The van der Waals surface area contributed by atoms with Crippen LogP contribution in [0.25, 0.3) is 0 Å². The molecule has 0 radical (unpaired) electrons. The fraction of sp³-hybridized carbons (Fsp3) is 0.720. The third kappa shape index (κ3) is 1.83. The lowest BCUT2D eigenvalue weighted by Crippen LogP contribution is -2.78. The molecular weight excluding hydrogens is 396 g/mol. The van der Waals surface area contributed by atoms with Gasteiger partial charge in [0.1, 0.15) is 17.1 Å². The standard InChI is InChI=1S/C25H32O6/c1-13-23(7)12-16-21(5)10-9-17(26)20(3,4)15(21)8-11-22(16,6)24(13)18(27)30-14(2)25(24,29)19(28)31-23/h9-10,14-16,29H,1,8,11-12H2,2-7H3/t14-,15-,16+,21+,22-,23+,24-,25+/m0/s1. The zero-order valence-electron chi connectivity index (χ0n) is 19.2. The van der Waals surface area contributed by atoms with Gasteiger partial charge < -0.3 is 14.6 Å². The van der Waals surface area contributed by atoms with E-state index in [1.165, 1.54) is 0 Å². The van der Waals surface area contributed by atoms with Gasteiger partial charge in [0.2, 0.25) is 5.60 Å². The Morgan fingerprint density at radius 2 is 1.71 bits per heavy atom. The zero-order valence-corrected chi connectivity index (χ0v) is 19.2. The Hall–Kier alpha value is -1.95. The minimum Gasteiger partial charge on any atom is -0.458 e. The van der Waals surface area contributed by atoms with Crippen LogP contribution in [0.1, 0.15) is 60.8 Å². The molecule has 0 unspecified atom stereocenters. The number of aliphatic hydroxyl groups is 1. The van der Waals surface area contributed by atoms with E-state index in [1.54, 1.807) is 19.9 Å². The summed E-state index contributed by atoms with van der Waals surface area (Å²) >= 11 is 0. The fourth-order valence-electron chi connectivity index (χ4n) is 8.54. The van der Waals surface area contributed by atoms with Crippen molar-refractivity contribution in [3.8, 4) is 0 Å². The molecule has 0 aromatic heterocycles. The molecule has 0 aromatic carbocycles. The molecule has 8 atom stereocenters. The topological polar surface area (TPSA) is 89.9 Å². The van der Waals surface area contributed by atoms with Crippen molar-refractivity contribution >= 4 is 17.7 Å². The largest absolute Gasteiger partial charge is 0.458 e. The Labute approximate surface area is 183 Å². The molecule has 2 bridgehead atoms. The molecule has 2 saturated heterocycles. The van der Waals surface area contributed by atoms with Gasteiger partial charge in [-0.15, -0.1) is 0 Å². The van der Waals surface area contributed by atoms with Gasteiger partial charge in [-0.1, -0.05) is 40.3 Å². The smallest absolute Gasteiger partial charge is 0.344 e. The zero-order chi connectivity index (χ0) is 23.0. The number of cyclic esters (lactones) is 1. The first-order valence-corrected chi connectivity index (χ1v) is 11.2. The molecule has 0 amide bonds. The van der Waals surface area contributed by atoms with Crippen LogP contribution in [-0.4, -0.2) is 40.1 Å². The van der Waals surface area contributed by atoms with Gasteiger partial charge in [0, 0.05) is 5.41 Å². The van der Waals surface area contributed by atoms with E-state index in [0.717, 1.165) is 0 Å². The van der Waals surface area contributed by atoms with Crippen LogP contribution in [0.5, 0.6) is 0 Å². The van der Waals surface area contributed by atoms with Gasteiger partial charge in [-0.3, -0.25) is 9.59 Å². The number of ether oxygens (including phenoxy) is 2. The van der Waals surface area contributed by atoms with Crippen molar-refractivity contribution in [3.63, 3.8) is 0 Å². The highest BCUT2D eigenvalue weighted by Gasteiger charge is 2.86. The molecule has 3 aliphatic carbocycles. The number of rotatable bonds is 0. The molecule has 1 N–H and O–H groups in total. The summed E-state index contributed by atoms with van der Waals surface area (Å²) in [6, 6.07) is 0. The summed E-state index contributed by atoms with van der Waals surface area (Å²) in [5, 5.41) is 11.9. The van der Waals surface area contributed by atoms with E-state index in [-0.39, 0.29) is 17.6 Å². The number of carbonyl (C=O) groups excluding carboxylic acids is 3. The van der Waals surface area contributed by atoms with Crippen LogP contribution in [-0.2, 0) is 23.9 Å². The summed E-state index contributed by atoms with van der Waals surface area (Å²) in [6.07, 6.45) is 4.40. The van der Waals surface area contributed by atoms with Gasteiger partial charge in [-0.2, -0.15) is 0 Å². The fourth-order valence-corrected chi connectivity index (χ4v) is 8.54. The first-order valence-electron chi connectivity index (χ1n) is 11.2. The highest BCUT2D eigenvalue weighted by Crippen LogP contribution is 2.77. The molecule has 6 nitrogen and oxygen atoms in total. The number of hydrogen-bond acceptors (Lipinski definition) is 6. The van der Waals surface area contributed by atoms with Crippen molar-refractivity contribution in [1.29, 1.82) is 0 Å². The van der Waals surface area contributed by atoms with E-state index in [2.05, 4.69) is 13.5 Å². The lowest BCUT2D eigenvalue weighted by molar-refractivity contribution is -0.263. The van der Waals surface area contributed by atoms with Crippen molar-refractivity contribution in [2.45, 2.75) is 78.1 Å². The Morgan fingerprint density at radius 3 is 2.35 bits per heavy atom. The summed E-state index contributed by atoms with van der Waals surface area (Å²) in [5.74, 6) is -1.33. The van der Waals surface area contributed by atoms with Crippen molar-refractivity contribution < 1.29 is 29.0 Å². The number of hydrogen-bond donors (Lipinski definition) is 1. The van der Waals surface area contributed by atoms with Gasteiger partial charge >= 0.3 is 11.9 Å². The van der Waals surface area contributed by atoms with E-state index in [0.29, 0.717) is 24.8 Å². The van der Waals surface area contributed by atoms with Crippen LogP contribution in [0.2, 0.25) is 0 Å². The SMILES string of the molecule is C=C1[C@@]23C(=O)O[C@@H](C)[C@@]2(O)C(=O)O[C@]1(C)C[C@@H]1[C@]2(C)C=CC(=O)C(C)(C)[C@@H]2CC[C@@]13C. The summed E-state index contributed by atoms with van der Waals surface area (Å²) in [5.41, 5.74) is -6.11. The number of ketones is 1. The first kappa shape index (κ1) is 20.9. The van der Waals surface area contributed by atoms with Crippen LogP contribution in [0.15, 0.2) is 24.3 Å². The van der Waals surface area contributed by atoms with Gasteiger partial charge in [0.15, 0.2) is 5.78 Å². The monoisotopic (exact) mass is 428 g/mol. The molecule has 5 rings (SSSR count). The summed E-state index contributed by atoms with van der Waals surface area (Å²) in [7, 11) is 0. The Bertz CT molecular complexity index is 994. The molecule has 6 heteroatoms. The van der Waals surface area contributed by atoms with Crippen LogP contribution >= 0.6 is 0 Å². The van der Waals surface area contributed by atoms with E-state index in [4.69, 9.17) is 9.47 Å². The van der Waals surface area contributed by atoms with Crippen LogP contribution in [0, 0.1) is 33.5 Å². The molecule has 0 aromatic rings. The number of esters is 2. The molecular formula is C25H32O6. The highest BCUT2D eigenvalue weighted by molar-refractivity contribution is 6.00. The molecule has 31 heavy (non-hydrogen) atoms. The lowest BCUT2D eigenvalue weighted by atomic mass is 9.33. The van der Waals surface area contributed by atoms with Gasteiger partial charge in [-0.25, -0.2) is 4.79 Å². The molecule has 168 valence electrons. The lowest BCUT2D eigenvalue weighted by Gasteiger charge is -2.71. The van der Waals surface area contributed by atoms with E-state index in [9.17, 15) is 19.5 Å². The molecule has 5 aliphatic rings. The van der Waals surface area contributed by atoms with E-state index < -0.39 is 50.9 Å². The van der Waals surface area contributed by atoms with Crippen LogP contribution < -0.4 is 0 Å². The normalized spacial score (nSPS) is 54.5. The number of fused-ring (bicyclic) bond motifs is 4. The maximum Gasteiger partial charge on any atom is 0.344 e. The highest BCUT2D eigenvalue weighted by atomic mass is 16.6. The third-order valence-corrected chi connectivity index (χ3v) is 10.2. The number of allylic oxidation sites excluding steroid dienone is 2. The Balaban J connectivity index is 1.81. The second kappa shape index (κ2) is 5.33. The van der Waals surface area contributed by atoms with Gasteiger partial charge in [-0.05, 0) is 67.4 Å². The maximum atomic E-state index is 13.6. The predicted octanol–water partition coefficient (Wildman–Crippen LogP) is 3.13. The molecule has 1 spiro atoms. The average Bonchev–Trinajstić information content (AvgIpc) is 2.87. The second-order valence-electron chi connectivity index (χ2n) is 11.7. The van der Waals surface area contributed by atoms with Crippen molar-refractivity contribution in [2.75, 3.05) is 0 Å². The van der Waals surface area contributed by atoms with Gasteiger partial charge in [0.25, 0.3) is 0 Å². The van der Waals surface area contributed by atoms with Crippen molar-refractivity contribution in [3.05, 3.63) is 24.3 Å². The molecule has 2 aliphatic heterocycles. The number of carbonyl (C=O) groups is 3. The van der Waals surface area contributed by atoms with E-state index >= 15 is 0 Å². The Morgan fingerprint density at radius 1 is 1.06 bits per heavy atom. The summed E-state index contributed by atoms with van der Waals surface area (Å²) in [4.78, 5) is 39.6. The maximum absolute atomic E-state index is 13.6. The summed E-state index contributed by atoms with van der Waals surface area (Å²) in [6.45, 7) is 15.7. The first-order chi connectivity index (χ1) is 14.1. The van der Waals surface area contributed by atoms with Crippen molar-refractivity contribution in [2.24, 2.45) is 33.5 Å². The van der Waals surface area contributed by atoms with Crippen LogP contribution in [0.4, 0.5) is 0 Å². The molecule has 2 saturated carbocycles. The summed E-state index contributed by atoms with van der Waals surface area (Å²) < 4.78 is 11.5. The minimum absolute atomic E-state index is 0.0707. The predicted molar refractivity (Wildman–Crippen MR) is 112 cm³/mol. The molecule has 2 heterocycles. The Kier molecular flexibility index (Phi) is 3.60. The minimum atomic E-state index is -2.12. The van der Waals surface area contributed by atoms with E-state index in [1.807, 2.05) is 26.8 Å². The van der Waals surface area contributed by atoms with Crippen molar-refractivity contribution in [1.82, 2.24) is 0 Å².